The van der Waals surface area contributed by atoms with Crippen LogP contribution in [0, 0.1) is 5.41 Å². The number of methoxy groups -OCH3 is 1. The largest absolute Gasteiger partial charge is 0.497 e. The Bertz CT molecular complexity index is 1640. The van der Waals surface area contributed by atoms with E-state index in [-0.39, 0.29) is 24.8 Å². The Labute approximate surface area is 247 Å². The molecule has 0 aliphatic carbocycles. The number of hydrogen-bond acceptors (Lipinski definition) is 10. The van der Waals surface area contributed by atoms with E-state index in [0.717, 1.165) is 10.5 Å². The summed E-state index contributed by atoms with van der Waals surface area (Å²) in [6.07, 6.45) is 0.195. The van der Waals surface area contributed by atoms with E-state index >= 15 is 0 Å². The van der Waals surface area contributed by atoms with Crippen molar-refractivity contribution < 1.29 is 38.2 Å². The zero-order chi connectivity index (χ0) is 30.7. The van der Waals surface area contributed by atoms with Crippen LogP contribution in [0.5, 0.6) is 5.75 Å². The number of aliphatic hydroxyl groups is 1. The SMILES string of the molecule is COc1ccc2c(c1)C(=O)N(C[C@@]1(c3cc4nc(N5CC[C@@H](O)C5)ccc4o3)NC(=O)N(COC(=O)C(C)(C)C)C1=O)C2. The summed E-state index contributed by atoms with van der Waals surface area (Å²) >= 11 is 0. The van der Waals surface area contributed by atoms with Crippen LogP contribution < -0.4 is 15.0 Å². The molecule has 2 aromatic heterocycles. The number of aromatic nitrogens is 1. The number of benzene rings is 1. The van der Waals surface area contributed by atoms with Crippen molar-refractivity contribution in [1.29, 1.82) is 0 Å². The highest BCUT2D eigenvalue weighted by Gasteiger charge is 2.57. The second kappa shape index (κ2) is 10.3. The fourth-order valence-electron chi connectivity index (χ4n) is 5.57. The molecule has 226 valence electrons. The zero-order valence-electron chi connectivity index (χ0n) is 24.4. The number of rotatable bonds is 7. The molecule has 13 heteroatoms. The van der Waals surface area contributed by atoms with E-state index in [0.29, 0.717) is 47.7 Å². The van der Waals surface area contributed by atoms with Gasteiger partial charge in [0.05, 0.1) is 25.2 Å². The predicted molar refractivity (Wildman–Crippen MR) is 152 cm³/mol. The number of esters is 1. The molecule has 2 fully saturated rings. The maximum absolute atomic E-state index is 14.1. The summed E-state index contributed by atoms with van der Waals surface area (Å²) < 4.78 is 16.7. The van der Waals surface area contributed by atoms with E-state index in [9.17, 15) is 24.3 Å². The highest BCUT2D eigenvalue weighted by molar-refractivity contribution is 6.08. The van der Waals surface area contributed by atoms with E-state index in [1.807, 2.05) is 4.90 Å². The van der Waals surface area contributed by atoms with Gasteiger partial charge in [-0.2, -0.15) is 0 Å². The van der Waals surface area contributed by atoms with E-state index in [2.05, 4.69) is 10.3 Å². The van der Waals surface area contributed by atoms with Crippen molar-refractivity contribution >= 4 is 40.7 Å². The molecule has 0 bridgehead atoms. The van der Waals surface area contributed by atoms with E-state index in [1.54, 1.807) is 57.2 Å². The van der Waals surface area contributed by atoms with Gasteiger partial charge in [-0.15, -0.1) is 0 Å². The van der Waals surface area contributed by atoms with Crippen LogP contribution in [0.1, 0.15) is 48.9 Å². The van der Waals surface area contributed by atoms with Gasteiger partial charge in [-0.05, 0) is 57.0 Å². The third-order valence-corrected chi connectivity index (χ3v) is 8.00. The first-order chi connectivity index (χ1) is 20.4. The molecule has 3 aliphatic heterocycles. The minimum absolute atomic E-state index is 0.0814. The van der Waals surface area contributed by atoms with Crippen molar-refractivity contribution in [2.24, 2.45) is 5.41 Å². The number of nitrogens with one attached hydrogen (secondary N) is 1. The molecular weight excluding hydrogens is 558 g/mol. The van der Waals surface area contributed by atoms with Gasteiger partial charge in [-0.1, -0.05) is 6.07 Å². The Morgan fingerprint density at radius 2 is 1.98 bits per heavy atom. The van der Waals surface area contributed by atoms with Crippen molar-refractivity contribution in [3.05, 3.63) is 53.3 Å². The lowest BCUT2D eigenvalue weighted by molar-refractivity contribution is -0.158. The Hall–Kier alpha value is -4.65. The lowest BCUT2D eigenvalue weighted by atomic mass is 9.95. The first-order valence-corrected chi connectivity index (χ1v) is 14.0. The summed E-state index contributed by atoms with van der Waals surface area (Å²) in [5.41, 5.74) is -0.675. The Balaban J connectivity index is 1.36. The van der Waals surface area contributed by atoms with Crippen LogP contribution in [0.15, 0.2) is 40.8 Å². The predicted octanol–water partition coefficient (Wildman–Crippen LogP) is 2.36. The summed E-state index contributed by atoms with van der Waals surface area (Å²) in [4.78, 5) is 62.2. The molecule has 3 aliphatic rings. The maximum atomic E-state index is 14.1. The Kier molecular flexibility index (Phi) is 6.79. The number of carbonyl (C=O) groups is 4. The van der Waals surface area contributed by atoms with Gasteiger partial charge in [-0.3, -0.25) is 14.4 Å². The summed E-state index contributed by atoms with van der Waals surface area (Å²) in [6.45, 7) is 5.43. The van der Waals surface area contributed by atoms with Gasteiger partial charge in [0.2, 0.25) is 0 Å². The Morgan fingerprint density at radius 1 is 1.19 bits per heavy atom. The molecule has 3 aromatic rings. The molecule has 0 unspecified atom stereocenters. The molecule has 0 radical (unpaired) electrons. The van der Waals surface area contributed by atoms with Crippen molar-refractivity contribution in [2.75, 3.05) is 38.4 Å². The number of hydrogen-bond donors (Lipinski definition) is 2. The van der Waals surface area contributed by atoms with Crippen LogP contribution in [0.25, 0.3) is 11.1 Å². The van der Waals surface area contributed by atoms with Gasteiger partial charge in [0.1, 0.15) is 22.8 Å². The molecule has 2 N–H and O–H groups in total. The monoisotopic (exact) mass is 591 g/mol. The number of nitrogens with zero attached hydrogens (tertiary/aromatic N) is 4. The molecule has 2 saturated heterocycles. The fraction of sp³-hybridized carbons (Fsp3) is 0.433. The van der Waals surface area contributed by atoms with Crippen LogP contribution in [-0.4, -0.2) is 83.3 Å². The number of carbonyl (C=O) groups excluding carboxylic acids is 4. The lowest BCUT2D eigenvalue weighted by Crippen LogP contribution is -2.52. The fourth-order valence-corrected chi connectivity index (χ4v) is 5.57. The standard InChI is InChI=1S/C30H33N5O8/c1-29(2,3)27(39)42-16-35-26(38)30(32-28(35)40,15-34-13-17-5-6-19(41-4)11-20(17)25(34)37)23-12-21-22(43-23)7-8-24(31-21)33-10-9-18(36)14-33/h5-8,11-12,18,36H,9-10,13-16H2,1-4H3,(H,32,40)/t18-,30+/m1/s1. The van der Waals surface area contributed by atoms with E-state index < -0.39 is 41.7 Å². The van der Waals surface area contributed by atoms with E-state index in [1.165, 1.54) is 12.0 Å². The van der Waals surface area contributed by atoms with Crippen LogP contribution in [-0.2, 0) is 26.4 Å². The van der Waals surface area contributed by atoms with Crippen LogP contribution in [0.2, 0.25) is 0 Å². The van der Waals surface area contributed by atoms with Crippen LogP contribution in [0.4, 0.5) is 10.6 Å². The van der Waals surface area contributed by atoms with Crippen molar-refractivity contribution in [2.45, 2.75) is 45.4 Å². The number of pyridine rings is 1. The number of imide groups is 1. The smallest absolute Gasteiger partial charge is 0.328 e. The van der Waals surface area contributed by atoms with Gasteiger partial charge < -0.3 is 34.1 Å². The first kappa shape index (κ1) is 28.5. The molecule has 2 atom stereocenters. The number of furan rings is 1. The normalized spacial score (nSPS) is 22.0. The molecule has 6 rings (SSSR count). The van der Waals surface area contributed by atoms with E-state index in [4.69, 9.17) is 13.9 Å². The number of aliphatic hydroxyl groups excluding tert-OH is 1. The maximum Gasteiger partial charge on any atom is 0.328 e. The molecule has 5 heterocycles. The Morgan fingerprint density at radius 3 is 2.67 bits per heavy atom. The third kappa shape index (κ3) is 4.92. The van der Waals surface area contributed by atoms with Crippen LogP contribution >= 0.6 is 0 Å². The van der Waals surface area contributed by atoms with Crippen LogP contribution in [0.3, 0.4) is 0 Å². The summed E-state index contributed by atoms with van der Waals surface area (Å²) in [6, 6.07) is 9.44. The molecular formula is C30H33N5O8. The summed E-state index contributed by atoms with van der Waals surface area (Å²) in [5, 5.41) is 12.7. The van der Waals surface area contributed by atoms with Gasteiger partial charge in [0.25, 0.3) is 11.8 Å². The van der Waals surface area contributed by atoms with Gasteiger partial charge in [0, 0.05) is 31.3 Å². The lowest BCUT2D eigenvalue weighted by Gasteiger charge is -2.29. The molecule has 0 saturated carbocycles. The summed E-state index contributed by atoms with van der Waals surface area (Å²) in [7, 11) is 1.51. The second-order valence-electron chi connectivity index (χ2n) is 12.1. The second-order valence-corrected chi connectivity index (χ2v) is 12.1. The third-order valence-electron chi connectivity index (χ3n) is 8.00. The number of anilines is 1. The number of urea groups is 1. The van der Waals surface area contributed by atoms with Crippen molar-refractivity contribution in [3.8, 4) is 5.75 Å². The average Bonchev–Trinajstić information content (AvgIpc) is 3.72. The average molecular weight is 592 g/mol. The molecule has 0 spiro atoms. The first-order valence-electron chi connectivity index (χ1n) is 14.0. The summed E-state index contributed by atoms with van der Waals surface area (Å²) in [5.74, 6) is -0.415. The molecule has 13 nitrogen and oxygen atoms in total. The van der Waals surface area contributed by atoms with Crippen molar-refractivity contribution in [1.82, 2.24) is 20.1 Å². The molecule has 4 amide bonds. The number of fused-ring (bicyclic) bond motifs is 2. The minimum atomic E-state index is -1.82. The zero-order valence-corrected chi connectivity index (χ0v) is 24.4. The topological polar surface area (TPSA) is 155 Å². The van der Waals surface area contributed by atoms with Crippen molar-refractivity contribution in [3.63, 3.8) is 0 Å². The van der Waals surface area contributed by atoms with Gasteiger partial charge in [0.15, 0.2) is 17.9 Å². The highest BCUT2D eigenvalue weighted by Crippen LogP contribution is 2.37. The number of amides is 4. The molecule has 43 heavy (non-hydrogen) atoms. The number of ether oxygens (including phenoxy) is 2. The molecule has 1 aromatic carbocycles. The quantitative estimate of drug-likeness (QED) is 0.309. The van der Waals surface area contributed by atoms with Gasteiger partial charge >= 0.3 is 12.0 Å². The highest BCUT2D eigenvalue weighted by atomic mass is 16.5. The minimum Gasteiger partial charge on any atom is -0.497 e. The van der Waals surface area contributed by atoms with Gasteiger partial charge in [-0.25, -0.2) is 14.7 Å². The number of β-amino-alcohol motifs (C(OH)–C–C–N with tert-alkyl or cyclic N) is 1.